The van der Waals surface area contributed by atoms with E-state index in [1.807, 2.05) is 0 Å². The summed E-state index contributed by atoms with van der Waals surface area (Å²) in [6, 6.07) is 4.27. The van der Waals surface area contributed by atoms with Crippen LogP contribution >= 0.6 is 0 Å². The van der Waals surface area contributed by atoms with E-state index in [1.165, 1.54) is 30.5 Å². The van der Waals surface area contributed by atoms with Crippen molar-refractivity contribution in [3.8, 4) is 0 Å². The van der Waals surface area contributed by atoms with Crippen LogP contribution in [0.15, 0.2) is 18.3 Å². The van der Waals surface area contributed by atoms with Gasteiger partial charge in [-0.3, -0.25) is 9.69 Å². The molecule has 0 spiro atoms. The van der Waals surface area contributed by atoms with Crippen LogP contribution in [-0.2, 0) is 11.3 Å². The van der Waals surface area contributed by atoms with Gasteiger partial charge in [-0.05, 0) is 50.3 Å². The number of nitrogens with zero attached hydrogens (tertiary/aromatic N) is 4. The van der Waals surface area contributed by atoms with E-state index in [-0.39, 0.29) is 0 Å². The van der Waals surface area contributed by atoms with E-state index < -0.39 is 0 Å². The molecular weight excluding hydrogens is 312 g/mol. The predicted octanol–water partition coefficient (Wildman–Crippen LogP) is 2.79. The maximum absolute atomic E-state index is 12.4. The van der Waals surface area contributed by atoms with Gasteiger partial charge in [0.05, 0.1) is 11.4 Å². The minimum atomic E-state index is 0.366. The van der Waals surface area contributed by atoms with Gasteiger partial charge < -0.3 is 9.30 Å². The lowest BCUT2D eigenvalue weighted by Crippen LogP contribution is -2.48. The smallest absolute Gasteiger partial charge is 0.222 e. The first-order valence-corrected chi connectivity index (χ1v) is 9.54. The topological polar surface area (TPSA) is 40.9 Å². The number of fused-ring (bicyclic) bond motifs is 1. The number of hydrogen-bond donors (Lipinski definition) is 0. The quantitative estimate of drug-likeness (QED) is 0.859. The number of carbonyl (C=O) groups excluding carboxylic acids is 1. The summed E-state index contributed by atoms with van der Waals surface area (Å²) < 4.78 is 2.20. The molecule has 4 rings (SSSR count). The van der Waals surface area contributed by atoms with E-state index >= 15 is 0 Å². The Labute approximate surface area is 149 Å². The Hall–Kier alpha value is -1.88. The van der Waals surface area contributed by atoms with E-state index in [0.29, 0.717) is 11.8 Å². The van der Waals surface area contributed by atoms with Crippen molar-refractivity contribution in [2.75, 3.05) is 26.2 Å². The molecule has 1 saturated heterocycles. The summed E-state index contributed by atoms with van der Waals surface area (Å²) in [4.78, 5) is 21.6. The average Bonchev–Trinajstić information content (AvgIpc) is 2.86. The van der Waals surface area contributed by atoms with Crippen LogP contribution in [-0.4, -0.2) is 51.3 Å². The molecule has 2 aliphatic rings. The van der Waals surface area contributed by atoms with Crippen molar-refractivity contribution in [1.82, 2.24) is 19.2 Å². The van der Waals surface area contributed by atoms with Crippen molar-refractivity contribution >= 4 is 11.6 Å². The van der Waals surface area contributed by atoms with Gasteiger partial charge in [-0.15, -0.1) is 0 Å². The third-order valence-electron chi connectivity index (χ3n) is 5.87. The van der Waals surface area contributed by atoms with Gasteiger partial charge in [0, 0.05) is 45.3 Å². The maximum Gasteiger partial charge on any atom is 0.222 e. The number of amides is 1. The molecule has 0 bridgehead atoms. The van der Waals surface area contributed by atoms with E-state index in [4.69, 9.17) is 4.98 Å². The summed E-state index contributed by atoms with van der Waals surface area (Å²) >= 11 is 0. The lowest BCUT2D eigenvalue weighted by atomic mass is 9.82. The number of aryl methyl sites for hydroxylation is 2. The normalized spacial score (nSPS) is 19.4. The Bertz CT molecular complexity index is 769. The van der Waals surface area contributed by atoms with Crippen LogP contribution in [0.25, 0.3) is 5.65 Å². The molecule has 0 aromatic carbocycles. The van der Waals surface area contributed by atoms with Crippen molar-refractivity contribution < 1.29 is 4.79 Å². The van der Waals surface area contributed by atoms with E-state index in [0.717, 1.165) is 50.5 Å². The molecule has 1 aliphatic heterocycles. The summed E-state index contributed by atoms with van der Waals surface area (Å²) in [7, 11) is 0. The van der Waals surface area contributed by atoms with Crippen molar-refractivity contribution in [2.24, 2.45) is 5.92 Å². The second-order valence-electron chi connectivity index (χ2n) is 7.73. The largest absolute Gasteiger partial charge is 0.340 e. The van der Waals surface area contributed by atoms with E-state index in [9.17, 15) is 4.79 Å². The Morgan fingerprint density at radius 1 is 1.20 bits per heavy atom. The molecule has 2 fully saturated rings. The molecule has 0 N–H and O–H groups in total. The Morgan fingerprint density at radius 2 is 1.96 bits per heavy atom. The van der Waals surface area contributed by atoms with Gasteiger partial charge in [0.2, 0.25) is 5.91 Å². The monoisotopic (exact) mass is 340 g/mol. The number of imidazole rings is 1. The molecule has 1 amide bonds. The van der Waals surface area contributed by atoms with Crippen LogP contribution in [0.5, 0.6) is 0 Å². The highest BCUT2D eigenvalue weighted by molar-refractivity contribution is 5.76. The third kappa shape index (κ3) is 3.43. The fourth-order valence-electron chi connectivity index (χ4n) is 3.95. The Balaban J connectivity index is 1.37. The maximum atomic E-state index is 12.4. The standard InChI is InChI=1S/C20H28N4O/c1-15-6-7-24-18(16(2)21-19(24)12-15)14-22-8-10-23(11-9-22)20(25)13-17-4-3-5-17/h6-7,12,17H,3-5,8-11,13-14H2,1-2H3. The first-order chi connectivity index (χ1) is 12.1. The summed E-state index contributed by atoms with van der Waals surface area (Å²) in [6.07, 6.45) is 6.70. The van der Waals surface area contributed by atoms with Crippen LogP contribution in [0.3, 0.4) is 0 Å². The van der Waals surface area contributed by atoms with Crippen LogP contribution in [0, 0.1) is 19.8 Å². The van der Waals surface area contributed by atoms with E-state index in [2.05, 4.69) is 46.4 Å². The molecule has 5 nitrogen and oxygen atoms in total. The fraction of sp³-hybridized carbons (Fsp3) is 0.600. The van der Waals surface area contributed by atoms with Crippen molar-refractivity contribution in [2.45, 2.75) is 46.1 Å². The lowest BCUT2D eigenvalue weighted by molar-refractivity contribution is -0.134. The molecule has 3 heterocycles. The van der Waals surface area contributed by atoms with Gasteiger partial charge in [0.1, 0.15) is 5.65 Å². The van der Waals surface area contributed by atoms with Gasteiger partial charge in [0.25, 0.3) is 0 Å². The molecular formula is C20H28N4O. The van der Waals surface area contributed by atoms with Crippen LogP contribution in [0.2, 0.25) is 0 Å². The van der Waals surface area contributed by atoms with Gasteiger partial charge in [-0.1, -0.05) is 6.42 Å². The zero-order valence-electron chi connectivity index (χ0n) is 15.4. The zero-order chi connectivity index (χ0) is 17.4. The number of hydrogen-bond acceptors (Lipinski definition) is 3. The molecule has 25 heavy (non-hydrogen) atoms. The summed E-state index contributed by atoms with van der Waals surface area (Å²) in [5.74, 6) is 1.03. The minimum absolute atomic E-state index is 0.366. The highest BCUT2D eigenvalue weighted by Crippen LogP contribution is 2.30. The fourth-order valence-corrected chi connectivity index (χ4v) is 3.95. The lowest BCUT2D eigenvalue weighted by Gasteiger charge is -2.36. The minimum Gasteiger partial charge on any atom is -0.340 e. The second kappa shape index (κ2) is 6.79. The number of pyridine rings is 1. The van der Waals surface area contributed by atoms with Gasteiger partial charge >= 0.3 is 0 Å². The molecule has 5 heteroatoms. The highest BCUT2D eigenvalue weighted by Gasteiger charge is 2.26. The Kier molecular flexibility index (Phi) is 4.50. The van der Waals surface area contributed by atoms with Crippen molar-refractivity contribution in [1.29, 1.82) is 0 Å². The molecule has 1 aliphatic carbocycles. The molecule has 134 valence electrons. The summed E-state index contributed by atoms with van der Waals surface area (Å²) in [5.41, 5.74) is 4.64. The predicted molar refractivity (Wildman–Crippen MR) is 98.5 cm³/mol. The molecule has 0 unspecified atom stereocenters. The SMILES string of the molecule is Cc1ccn2c(CN3CCN(C(=O)CC4CCC4)CC3)c(C)nc2c1. The average molecular weight is 340 g/mol. The third-order valence-corrected chi connectivity index (χ3v) is 5.87. The van der Waals surface area contributed by atoms with Gasteiger partial charge in [0.15, 0.2) is 0 Å². The van der Waals surface area contributed by atoms with Gasteiger partial charge in [-0.2, -0.15) is 0 Å². The van der Waals surface area contributed by atoms with Crippen LogP contribution in [0.4, 0.5) is 0 Å². The molecule has 2 aromatic heterocycles. The number of carbonyl (C=O) groups is 1. The number of rotatable bonds is 4. The molecule has 1 saturated carbocycles. The van der Waals surface area contributed by atoms with Crippen LogP contribution < -0.4 is 0 Å². The van der Waals surface area contributed by atoms with Crippen molar-refractivity contribution in [3.05, 3.63) is 35.3 Å². The summed E-state index contributed by atoms with van der Waals surface area (Å²) in [5, 5.41) is 0. The number of aromatic nitrogens is 2. The Morgan fingerprint density at radius 3 is 2.64 bits per heavy atom. The van der Waals surface area contributed by atoms with Crippen LogP contribution in [0.1, 0.15) is 42.6 Å². The zero-order valence-corrected chi connectivity index (χ0v) is 15.4. The number of piperazine rings is 1. The second-order valence-corrected chi connectivity index (χ2v) is 7.73. The molecule has 0 atom stereocenters. The molecule has 0 radical (unpaired) electrons. The van der Waals surface area contributed by atoms with Gasteiger partial charge in [-0.25, -0.2) is 4.98 Å². The van der Waals surface area contributed by atoms with Crippen molar-refractivity contribution in [3.63, 3.8) is 0 Å². The summed E-state index contributed by atoms with van der Waals surface area (Å²) in [6.45, 7) is 8.73. The first-order valence-electron chi connectivity index (χ1n) is 9.54. The highest BCUT2D eigenvalue weighted by atomic mass is 16.2. The molecule has 2 aromatic rings. The first kappa shape index (κ1) is 16.6. The van der Waals surface area contributed by atoms with E-state index in [1.54, 1.807) is 0 Å².